The lowest BCUT2D eigenvalue weighted by Gasteiger charge is -2.23. The van der Waals surface area contributed by atoms with Crippen molar-refractivity contribution >= 4 is 23.4 Å². The van der Waals surface area contributed by atoms with Crippen LogP contribution in [0.25, 0.3) is 0 Å². The second-order valence-electron chi connectivity index (χ2n) is 4.37. The van der Waals surface area contributed by atoms with E-state index >= 15 is 0 Å². The lowest BCUT2D eigenvalue weighted by Crippen LogP contribution is -2.26. The summed E-state index contributed by atoms with van der Waals surface area (Å²) in [6, 6.07) is 8.91. The van der Waals surface area contributed by atoms with Crippen LogP contribution in [-0.4, -0.2) is 16.0 Å². The highest BCUT2D eigenvalue weighted by Crippen LogP contribution is 2.39. The average Bonchev–Trinajstić information content (AvgIpc) is 2.45. The van der Waals surface area contributed by atoms with E-state index in [-0.39, 0.29) is 16.9 Å². The van der Waals surface area contributed by atoms with E-state index in [9.17, 15) is 4.79 Å². The van der Waals surface area contributed by atoms with Gasteiger partial charge in [-0.15, -0.1) is 0 Å². The number of rotatable bonds is 5. The topological polar surface area (TPSA) is 71.8 Å². The predicted molar refractivity (Wildman–Crippen MR) is 83.2 cm³/mol. The molecule has 2 unspecified atom stereocenters. The molecule has 0 fully saturated rings. The summed E-state index contributed by atoms with van der Waals surface area (Å²) in [6.07, 6.45) is 2.29. The van der Waals surface area contributed by atoms with Crippen LogP contribution in [0.3, 0.4) is 0 Å². The van der Waals surface area contributed by atoms with Crippen molar-refractivity contribution in [1.82, 2.24) is 9.97 Å². The van der Waals surface area contributed by atoms with Crippen LogP contribution in [0.2, 0.25) is 5.02 Å². The van der Waals surface area contributed by atoms with E-state index < -0.39 is 0 Å². The molecule has 2 aromatic rings. The molecular weight excluding hydrogens is 294 g/mol. The van der Waals surface area contributed by atoms with Crippen LogP contribution >= 0.6 is 23.4 Å². The number of hydrogen-bond donors (Lipinski definition) is 2. The first kappa shape index (κ1) is 15.1. The second-order valence-corrected chi connectivity index (χ2v) is 5.91. The molecule has 20 heavy (non-hydrogen) atoms. The summed E-state index contributed by atoms with van der Waals surface area (Å²) in [4.78, 5) is 18.2. The van der Waals surface area contributed by atoms with Crippen molar-refractivity contribution in [3.05, 3.63) is 57.5 Å². The van der Waals surface area contributed by atoms with Crippen molar-refractivity contribution in [3.8, 4) is 0 Å². The first-order chi connectivity index (χ1) is 9.61. The molecule has 2 atom stereocenters. The van der Waals surface area contributed by atoms with Gasteiger partial charge in [0, 0.05) is 23.3 Å². The number of benzene rings is 1. The third-order valence-electron chi connectivity index (χ3n) is 2.96. The van der Waals surface area contributed by atoms with Gasteiger partial charge in [0.2, 0.25) is 0 Å². The van der Waals surface area contributed by atoms with Crippen molar-refractivity contribution in [2.24, 2.45) is 5.73 Å². The number of halogens is 1. The normalized spacial score (nSPS) is 13.9. The molecule has 1 heterocycles. The maximum Gasteiger partial charge on any atom is 0.251 e. The molecule has 1 aromatic heterocycles. The molecule has 0 aliphatic rings. The van der Waals surface area contributed by atoms with Gasteiger partial charge in [0.25, 0.3) is 5.56 Å². The van der Waals surface area contributed by atoms with Gasteiger partial charge in [-0.05, 0) is 18.1 Å². The molecule has 0 spiro atoms. The highest BCUT2D eigenvalue weighted by atomic mass is 35.5. The Kier molecular flexibility index (Phi) is 5.23. The van der Waals surface area contributed by atoms with Gasteiger partial charge in [-0.3, -0.25) is 4.79 Å². The second kappa shape index (κ2) is 6.92. The van der Waals surface area contributed by atoms with E-state index in [1.54, 1.807) is 0 Å². The van der Waals surface area contributed by atoms with Gasteiger partial charge in [-0.2, -0.15) is 0 Å². The largest absolute Gasteiger partial charge is 0.326 e. The molecule has 3 N–H and O–H groups in total. The number of aromatic amines is 1. The van der Waals surface area contributed by atoms with Crippen molar-refractivity contribution < 1.29 is 0 Å². The number of nitrogens with zero attached hydrogens (tertiary/aromatic N) is 1. The zero-order valence-electron chi connectivity index (χ0n) is 11.0. The van der Waals surface area contributed by atoms with Gasteiger partial charge >= 0.3 is 0 Å². The van der Waals surface area contributed by atoms with Gasteiger partial charge < -0.3 is 10.7 Å². The summed E-state index contributed by atoms with van der Waals surface area (Å²) in [6.45, 7) is 2.02. The predicted octanol–water partition coefficient (Wildman–Crippen LogP) is 2.99. The summed E-state index contributed by atoms with van der Waals surface area (Å²) < 4.78 is 0. The Labute approximate surface area is 126 Å². The van der Waals surface area contributed by atoms with E-state index in [1.807, 2.05) is 31.2 Å². The summed E-state index contributed by atoms with van der Waals surface area (Å²) in [7, 11) is 0. The molecule has 106 valence electrons. The molecule has 6 heteroatoms. The minimum Gasteiger partial charge on any atom is -0.326 e. The third kappa shape index (κ3) is 3.62. The van der Waals surface area contributed by atoms with Gasteiger partial charge in [-0.25, -0.2) is 4.98 Å². The molecule has 0 bridgehead atoms. The molecule has 0 radical (unpaired) electrons. The molecule has 4 nitrogen and oxygen atoms in total. The van der Waals surface area contributed by atoms with Crippen molar-refractivity contribution in [2.75, 3.05) is 0 Å². The molecule has 0 aliphatic carbocycles. The van der Waals surface area contributed by atoms with Crippen molar-refractivity contribution in [3.63, 3.8) is 0 Å². The Balaban J connectivity index is 2.34. The Morgan fingerprint density at radius 1 is 1.40 bits per heavy atom. The summed E-state index contributed by atoms with van der Waals surface area (Å²) >= 11 is 7.68. The number of thioether (sulfide) groups is 1. The van der Waals surface area contributed by atoms with Crippen LogP contribution < -0.4 is 11.3 Å². The minimum absolute atomic E-state index is 0.0563. The summed E-state index contributed by atoms with van der Waals surface area (Å²) in [5, 5.41) is 1.16. The number of nitrogens with one attached hydrogen (secondary N) is 1. The average molecular weight is 310 g/mol. The maximum absolute atomic E-state index is 11.3. The van der Waals surface area contributed by atoms with Crippen LogP contribution in [0, 0.1) is 0 Å². The third-order valence-corrected chi connectivity index (χ3v) is 4.59. The minimum atomic E-state index is -0.175. The molecule has 0 saturated carbocycles. The Hall–Kier alpha value is -1.30. The zero-order valence-corrected chi connectivity index (χ0v) is 12.6. The summed E-state index contributed by atoms with van der Waals surface area (Å²) in [5.74, 6) is 0. The Morgan fingerprint density at radius 3 is 2.80 bits per heavy atom. The van der Waals surface area contributed by atoms with E-state index in [1.165, 1.54) is 24.0 Å². The first-order valence-electron chi connectivity index (χ1n) is 6.33. The molecule has 1 aromatic carbocycles. The fourth-order valence-electron chi connectivity index (χ4n) is 1.83. The fraction of sp³-hybridized carbons (Fsp3) is 0.286. The van der Waals surface area contributed by atoms with E-state index in [4.69, 9.17) is 17.3 Å². The van der Waals surface area contributed by atoms with Crippen LogP contribution in [0.1, 0.15) is 24.2 Å². The standard InChI is InChI=1S/C14H16ClN3OS/c1-2-11(16)13(9-5-3-4-6-10(9)15)20-14-17-8-7-12(19)18-14/h3-8,11,13H,2,16H2,1H3,(H,17,18,19). The monoisotopic (exact) mass is 309 g/mol. The molecule has 0 aliphatic heterocycles. The highest BCUT2D eigenvalue weighted by Gasteiger charge is 2.23. The highest BCUT2D eigenvalue weighted by molar-refractivity contribution is 7.99. The number of nitrogens with two attached hydrogens (primary N) is 1. The van der Waals surface area contributed by atoms with Crippen LogP contribution in [-0.2, 0) is 0 Å². The Morgan fingerprint density at radius 2 is 2.15 bits per heavy atom. The zero-order chi connectivity index (χ0) is 14.5. The number of hydrogen-bond acceptors (Lipinski definition) is 4. The van der Waals surface area contributed by atoms with Gasteiger partial charge in [0.15, 0.2) is 5.16 Å². The van der Waals surface area contributed by atoms with Crippen molar-refractivity contribution in [2.45, 2.75) is 29.8 Å². The Bertz CT molecular complexity index is 632. The molecule has 0 amide bonds. The van der Waals surface area contributed by atoms with Gasteiger partial charge in [-0.1, -0.05) is 48.5 Å². The fourth-order valence-corrected chi connectivity index (χ4v) is 3.37. The van der Waals surface area contributed by atoms with Crippen molar-refractivity contribution in [1.29, 1.82) is 0 Å². The van der Waals surface area contributed by atoms with Crippen LogP contribution in [0.4, 0.5) is 0 Å². The quantitative estimate of drug-likeness (QED) is 0.658. The number of aromatic nitrogens is 2. The first-order valence-corrected chi connectivity index (χ1v) is 7.59. The van der Waals surface area contributed by atoms with Crippen LogP contribution in [0.15, 0.2) is 46.5 Å². The molecule has 0 saturated heterocycles. The molecular formula is C14H16ClN3OS. The van der Waals surface area contributed by atoms with E-state index in [2.05, 4.69) is 9.97 Å². The van der Waals surface area contributed by atoms with E-state index in [0.717, 1.165) is 12.0 Å². The summed E-state index contributed by atoms with van der Waals surface area (Å²) in [5.41, 5.74) is 6.99. The van der Waals surface area contributed by atoms with Gasteiger partial charge in [0.1, 0.15) is 0 Å². The molecule has 2 rings (SSSR count). The lowest BCUT2D eigenvalue weighted by molar-refractivity contribution is 0.632. The SMILES string of the molecule is CCC(N)C(Sc1nccc(=O)[nH]1)c1ccccc1Cl. The maximum atomic E-state index is 11.3. The van der Waals surface area contributed by atoms with Crippen LogP contribution in [0.5, 0.6) is 0 Å². The van der Waals surface area contributed by atoms with Gasteiger partial charge in [0.05, 0.1) is 5.25 Å². The van der Waals surface area contributed by atoms with E-state index in [0.29, 0.717) is 10.2 Å². The number of H-pyrrole nitrogens is 1. The smallest absolute Gasteiger partial charge is 0.251 e. The lowest BCUT2D eigenvalue weighted by atomic mass is 10.0.